The molecule has 0 bridgehead atoms. The van der Waals surface area contributed by atoms with Gasteiger partial charge < -0.3 is 16.2 Å². The lowest BCUT2D eigenvalue weighted by molar-refractivity contribution is -0.117. The molecule has 0 spiro atoms. The van der Waals surface area contributed by atoms with Gasteiger partial charge in [0.1, 0.15) is 17.2 Å². The van der Waals surface area contributed by atoms with Gasteiger partial charge in [-0.2, -0.15) is 0 Å². The highest BCUT2D eigenvalue weighted by molar-refractivity contribution is 6.35. The van der Waals surface area contributed by atoms with Crippen molar-refractivity contribution >= 4 is 34.1 Å². The lowest BCUT2D eigenvalue weighted by Crippen LogP contribution is -2.19. The Hall–Kier alpha value is -3.69. The highest BCUT2D eigenvalue weighted by Crippen LogP contribution is 2.38. The predicted octanol–water partition coefficient (Wildman–Crippen LogP) is 5.75. The third-order valence-electron chi connectivity index (χ3n) is 6.24. The number of benzene rings is 2. The zero-order valence-corrected chi connectivity index (χ0v) is 22.2. The van der Waals surface area contributed by atoms with Gasteiger partial charge in [-0.1, -0.05) is 23.7 Å². The molecular formula is C28H28ClF2N5O2. The molecule has 1 amide bonds. The topological polar surface area (TPSA) is 114 Å². The number of fused-ring (bicyclic) bond motifs is 1. The van der Waals surface area contributed by atoms with E-state index in [1.165, 1.54) is 24.5 Å². The summed E-state index contributed by atoms with van der Waals surface area (Å²) < 4.78 is 30.0. The van der Waals surface area contributed by atoms with Crippen molar-refractivity contribution in [3.8, 4) is 11.1 Å². The number of amides is 1. The average molecular weight is 540 g/mol. The standard InChI is InChI=1S/C28H28ClF2N5O2/c1-14(18-9-16(5-7-21(18)30)6-8-24(32)37)36-26-20-10-19(17-12-33-27(34-13-17)28(3,4)38)22(31)11-23(20)35-15(2)25(26)29/h5,7,9-14,38H,6,8H2,1-4H3,(H2,32,37)(H,35,36). The highest BCUT2D eigenvalue weighted by atomic mass is 35.5. The maximum Gasteiger partial charge on any atom is 0.217 e. The van der Waals surface area contributed by atoms with Crippen LogP contribution in [0.3, 0.4) is 0 Å². The smallest absolute Gasteiger partial charge is 0.217 e. The van der Waals surface area contributed by atoms with Crippen molar-refractivity contribution in [1.82, 2.24) is 15.0 Å². The van der Waals surface area contributed by atoms with Gasteiger partial charge in [-0.15, -0.1) is 0 Å². The van der Waals surface area contributed by atoms with Crippen LogP contribution in [0.15, 0.2) is 42.7 Å². The Morgan fingerprint density at radius 1 is 1.16 bits per heavy atom. The van der Waals surface area contributed by atoms with Gasteiger partial charge in [0.05, 0.1) is 28.0 Å². The van der Waals surface area contributed by atoms with Gasteiger partial charge in [-0.05, 0) is 51.8 Å². The fourth-order valence-corrected chi connectivity index (χ4v) is 4.37. The van der Waals surface area contributed by atoms with Gasteiger partial charge in [0.2, 0.25) is 5.91 Å². The summed E-state index contributed by atoms with van der Waals surface area (Å²) >= 11 is 6.65. The Kier molecular flexibility index (Phi) is 7.62. The van der Waals surface area contributed by atoms with Gasteiger partial charge in [0.15, 0.2) is 5.82 Å². The van der Waals surface area contributed by atoms with Crippen LogP contribution in [0, 0.1) is 18.6 Å². The van der Waals surface area contributed by atoms with Crippen molar-refractivity contribution in [2.75, 3.05) is 5.32 Å². The summed E-state index contributed by atoms with van der Waals surface area (Å²) in [5.41, 5.74) is 7.11. The van der Waals surface area contributed by atoms with E-state index in [0.717, 1.165) is 5.56 Å². The zero-order valence-electron chi connectivity index (χ0n) is 21.4. The number of hydrogen-bond donors (Lipinski definition) is 3. The van der Waals surface area contributed by atoms with E-state index in [1.54, 1.807) is 45.9 Å². The summed E-state index contributed by atoms with van der Waals surface area (Å²) in [6.07, 6.45) is 3.43. The summed E-state index contributed by atoms with van der Waals surface area (Å²) in [5, 5.41) is 14.3. The van der Waals surface area contributed by atoms with Gasteiger partial charge in [0, 0.05) is 47.0 Å². The number of anilines is 1. The van der Waals surface area contributed by atoms with Crippen LogP contribution in [0.25, 0.3) is 22.0 Å². The third-order valence-corrected chi connectivity index (χ3v) is 6.70. The summed E-state index contributed by atoms with van der Waals surface area (Å²) in [6, 6.07) is 7.03. The van der Waals surface area contributed by atoms with E-state index in [0.29, 0.717) is 44.9 Å². The molecule has 0 radical (unpaired) electrons. The number of rotatable bonds is 8. The predicted molar refractivity (Wildman–Crippen MR) is 144 cm³/mol. The molecule has 1 atom stereocenters. The Balaban J connectivity index is 1.77. The minimum Gasteiger partial charge on any atom is -0.382 e. The molecule has 0 fully saturated rings. The van der Waals surface area contributed by atoms with Gasteiger partial charge >= 0.3 is 0 Å². The molecule has 0 saturated carbocycles. The number of nitrogens with zero attached hydrogens (tertiary/aromatic N) is 3. The molecule has 2 aromatic heterocycles. The Morgan fingerprint density at radius 2 is 1.84 bits per heavy atom. The van der Waals surface area contributed by atoms with E-state index in [2.05, 4.69) is 20.3 Å². The molecule has 4 rings (SSSR count). The van der Waals surface area contributed by atoms with E-state index in [1.807, 2.05) is 0 Å². The first kappa shape index (κ1) is 27.3. The molecular weight excluding hydrogens is 512 g/mol. The Morgan fingerprint density at radius 3 is 2.47 bits per heavy atom. The molecule has 0 aliphatic heterocycles. The number of primary amides is 1. The second-order valence-corrected chi connectivity index (χ2v) is 10.2. The maximum atomic E-state index is 15.2. The first-order chi connectivity index (χ1) is 17.8. The molecule has 2 heterocycles. The van der Waals surface area contributed by atoms with Crippen LogP contribution >= 0.6 is 11.6 Å². The second kappa shape index (κ2) is 10.6. The molecule has 1 unspecified atom stereocenters. The molecule has 4 aromatic rings. The molecule has 7 nitrogen and oxygen atoms in total. The van der Waals surface area contributed by atoms with Crippen molar-refractivity contribution in [2.45, 2.75) is 52.2 Å². The van der Waals surface area contributed by atoms with Crippen molar-refractivity contribution in [3.63, 3.8) is 0 Å². The molecule has 0 aliphatic rings. The largest absolute Gasteiger partial charge is 0.382 e. The van der Waals surface area contributed by atoms with Crippen molar-refractivity contribution in [3.05, 3.63) is 82.0 Å². The average Bonchev–Trinajstić information content (AvgIpc) is 2.85. The van der Waals surface area contributed by atoms with Crippen LogP contribution in [0.5, 0.6) is 0 Å². The fourth-order valence-electron chi connectivity index (χ4n) is 4.17. The number of aliphatic hydroxyl groups is 1. The van der Waals surface area contributed by atoms with Crippen LogP contribution in [0.1, 0.15) is 55.9 Å². The molecule has 198 valence electrons. The minimum absolute atomic E-state index is 0.154. The number of nitrogens with two attached hydrogens (primary N) is 1. The normalized spacial score (nSPS) is 12.5. The van der Waals surface area contributed by atoms with Crippen LogP contribution in [-0.2, 0) is 16.8 Å². The number of hydrogen-bond acceptors (Lipinski definition) is 6. The van der Waals surface area contributed by atoms with Crippen molar-refractivity contribution in [1.29, 1.82) is 0 Å². The Labute approximate surface area is 224 Å². The lowest BCUT2D eigenvalue weighted by atomic mass is 10.00. The number of halogens is 3. The first-order valence-corrected chi connectivity index (χ1v) is 12.4. The lowest BCUT2D eigenvalue weighted by Gasteiger charge is -2.21. The zero-order chi connectivity index (χ0) is 27.8. The number of carbonyl (C=O) groups excluding carboxylic acids is 1. The molecule has 4 N–H and O–H groups in total. The molecule has 2 aromatic carbocycles. The SMILES string of the molecule is Cc1nc2cc(F)c(-c3cnc(C(C)(C)O)nc3)cc2c(NC(C)c2cc(CCC(N)=O)ccc2F)c1Cl. The van der Waals surface area contributed by atoms with Crippen LogP contribution in [0.2, 0.25) is 5.02 Å². The summed E-state index contributed by atoms with van der Waals surface area (Å²) in [6.45, 7) is 6.60. The van der Waals surface area contributed by atoms with Crippen LogP contribution in [0.4, 0.5) is 14.5 Å². The van der Waals surface area contributed by atoms with Gasteiger partial charge in [0.25, 0.3) is 0 Å². The van der Waals surface area contributed by atoms with Crippen molar-refractivity contribution < 1.29 is 18.7 Å². The van der Waals surface area contributed by atoms with Crippen molar-refractivity contribution in [2.24, 2.45) is 5.73 Å². The third kappa shape index (κ3) is 5.74. The number of pyridine rings is 1. The van der Waals surface area contributed by atoms with E-state index in [9.17, 15) is 14.3 Å². The molecule has 0 saturated heterocycles. The monoisotopic (exact) mass is 539 g/mol. The maximum absolute atomic E-state index is 15.2. The number of aromatic nitrogens is 3. The first-order valence-electron chi connectivity index (χ1n) is 12.0. The number of carbonyl (C=O) groups is 1. The fraction of sp³-hybridized carbons (Fsp3) is 0.286. The number of nitrogens with one attached hydrogen (secondary N) is 1. The van der Waals surface area contributed by atoms with Crippen LogP contribution < -0.4 is 11.1 Å². The van der Waals surface area contributed by atoms with E-state index in [-0.39, 0.29) is 17.8 Å². The van der Waals surface area contributed by atoms with E-state index >= 15 is 4.39 Å². The minimum atomic E-state index is -1.24. The highest BCUT2D eigenvalue weighted by Gasteiger charge is 2.22. The molecule has 38 heavy (non-hydrogen) atoms. The molecule has 0 aliphatic carbocycles. The quantitative estimate of drug-likeness (QED) is 0.263. The van der Waals surface area contributed by atoms with E-state index in [4.69, 9.17) is 17.3 Å². The van der Waals surface area contributed by atoms with Crippen LogP contribution in [-0.4, -0.2) is 26.0 Å². The Bertz CT molecular complexity index is 1520. The molecule has 10 heteroatoms. The second-order valence-electron chi connectivity index (χ2n) is 9.78. The number of aryl methyl sites for hydroxylation is 2. The van der Waals surface area contributed by atoms with E-state index < -0.39 is 29.2 Å². The van der Waals surface area contributed by atoms with Gasteiger partial charge in [-0.3, -0.25) is 9.78 Å². The van der Waals surface area contributed by atoms with Gasteiger partial charge in [-0.25, -0.2) is 18.7 Å². The summed E-state index contributed by atoms with van der Waals surface area (Å²) in [4.78, 5) is 24.0. The summed E-state index contributed by atoms with van der Waals surface area (Å²) in [7, 11) is 0. The summed E-state index contributed by atoms with van der Waals surface area (Å²) in [5.74, 6) is -1.18.